The van der Waals surface area contributed by atoms with Crippen LogP contribution in [0.2, 0.25) is 0 Å². The van der Waals surface area contributed by atoms with E-state index in [4.69, 9.17) is 4.74 Å². The number of ether oxygens (including phenoxy) is 1. The second-order valence-electron chi connectivity index (χ2n) is 4.55. The van der Waals surface area contributed by atoms with Crippen molar-refractivity contribution in [3.8, 4) is 5.75 Å². The predicted octanol–water partition coefficient (Wildman–Crippen LogP) is 1.10. The first-order valence-corrected chi connectivity index (χ1v) is 6.42. The summed E-state index contributed by atoms with van der Waals surface area (Å²) >= 11 is 0. The molecule has 0 aromatic heterocycles. The van der Waals surface area contributed by atoms with Crippen molar-refractivity contribution in [1.82, 2.24) is 15.5 Å². The summed E-state index contributed by atoms with van der Waals surface area (Å²) in [7, 11) is 5.60. The molecule has 2 amide bonds. The minimum absolute atomic E-state index is 0.128. The lowest BCUT2D eigenvalue weighted by molar-refractivity contribution is 0.239. The summed E-state index contributed by atoms with van der Waals surface area (Å²) in [6.45, 7) is 2.07. The van der Waals surface area contributed by atoms with Crippen LogP contribution in [0.3, 0.4) is 0 Å². The smallest absolute Gasteiger partial charge is 0.314 e. The highest BCUT2D eigenvalue weighted by Crippen LogP contribution is 2.16. The summed E-state index contributed by atoms with van der Waals surface area (Å²) in [5.41, 5.74) is 1.10. The zero-order valence-electron chi connectivity index (χ0n) is 11.9. The maximum absolute atomic E-state index is 11.5. The highest BCUT2D eigenvalue weighted by atomic mass is 16.5. The van der Waals surface area contributed by atoms with Gasteiger partial charge in [0, 0.05) is 19.6 Å². The Balaban J connectivity index is 2.24. The van der Waals surface area contributed by atoms with Crippen LogP contribution in [0.5, 0.6) is 5.75 Å². The summed E-state index contributed by atoms with van der Waals surface area (Å²) in [5, 5.41) is 5.64. The number of rotatable bonds is 7. The number of carbonyl (C=O) groups is 1. The number of nitrogens with one attached hydrogen (secondary N) is 2. The molecule has 1 aromatic rings. The molecule has 1 rings (SSSR count). The Hall–Kier alpha value is -1.75. The number of para-hydroxylation sites is 1. The molecule has 0 saturated carbocycles. The van der Waals surface area contributed by atoms with Crippen molar-refractivity contribution in [3.05, 3.63) is 29.8 Å². The molecular weight excluding hydrogens is 242 g/mol. The zero-order chi connectivity index (χ0) is 14.1. The minimum atomic E-state index is -0.128. The fourth-order valence-electron chi connectivity index (χ4n) is 1.68. The number of methoxy groups -OCH3 is 1. The SMILES string of the molecule is COc1ccccc1CCNC(=O)NCCN(C)C. The van der Waals surface area contributed by atoms with Crippen LogP contribution in [0.15, 0.2) is 24.3 Å². The van der Waals surface area contributed by atoms with Gasteiger partial charge in [-0.3, -0.25) is 0 Å². The molecule has 0 fully saturated rings. The van der Waals surface area contributed by atoms with Gasteiger partial charge in [-0.1, -0.05) is 18.2 Å². The lowest BCUT2D eigenvalue weighted by Crippen LogP contribution is -2.39. The Kier molecular flexibility index (Phi) is 6.74. The summed E-state index contributed by atoms with van der Waals surface area (Å²) < 4.78 is 5.26. The van der Waals surface area contributed by atoms with Gasteiger partial charge in [-0.2, -0.15) is 0 Å². The van der Waals surface area contributed by atoms with Gasteiger partial charge in [0.05, 0.1) is 7.11 Å². The van der Waals surface area contributed by atoms with E-state index in [1.54, 1.807) is 7.11 Å². The van der Waals surface area contributed by atoms with Crippen LogP contribution in [0.25, 0.3) is 0 Å². The van der Waals surface area contributed by atoms with E-state index in [0.29, 0.717) is 13.1 Å². The molecular formula is C14H23N3O2. The molecule has 0 spiro atoms. The number of urea groups is 1. The Bertz CT molecular complexity index is 394. The van der Waals surface area contributed by atoms with Gasteiger partial charge in [-0.15, -0.1) is 0 Å². The third-order valence-electron chi connectivity index (χ3n) is 2.72. The summed E-state index contributed by atoms with van der Waals surface area (Å²) in [5.74, 6) is 0.859. The normalized spacial score (nSPS) is 10.3. The third kappa shape index (κ3) is 6.10. The monoisotopic (exact) mass is 265 g/mol. The number of hydrogen-bond donors (Lipinski definition) is 2. The lowest BCUT2D eigenvalue weighted by Gasteiger charge is -2.12. The molecule has 0 saturated heterocycles. The highest BCUT2D eigenvalue weighted by molar-refractivity contribution is 5.73. The Morgan fingerprint density at radius 1 is 1.21 bits per heavy atom. The Labute approximate surface area is 114 Å². The van der Waals surface area contributed by atoms with Crippen LogP contribution in [0.4, 0.5) is 4.79 Å². The Morgan fingerprint density at radius 2 is 1.89 bits per heavy atom. The minimum Gasteiger partial charge on any atom is -0.496 e. The first-order valence-electron chi connectivity index (χ1n) is 6.42. The van der Waals surface area contributed by atoms with Gasteiger partial charge in [0.25, 0.3) is 0 Å². The van der Waals surface area contributed by atoms with E-state index in [1.807, 2.05) is 43.3 Å². The van der Waals surface area contributed by atoms with E-state index in [9.17, 15) is 4.79 Å². The molecule has 5 nitrogen and oxygen atoms in total. The molecule has 0 bridgehead atoms. The molecule has 0 aliphatic heterocycles. The molecule has 106 valence electrons. The van der Waals surface area contributed by atoms with Crippen LogP contribution < -0.4 is 15.4 Å². The van der Waals surface area contributed by atoms with E-state index >= 15 is 0 Å². The van der Waals surface area contributed by atoms with Crippen molar-refractivity contribution in [2.45, 2.75) is 6.42 Å². The van der Waals surface area contributed by atoms with E-state index in [-0.39, 0.29) is 6.03 Å². The van der Waals surface area contributed by atoms with Gasteiger partial charge in [-0.25, -0.2) is 4.79 Å². The van der Waals surface area contributed by atoms with Gasteiger partial charge in [0.2, 0.25) is 0 Å². The summed E-state index contributed by atoms with van der Waals surface area (Å²) in [6.07, 6.45) is 0.755. The van der Waals surface area contributed by atoms with Crippen LogP contribution in [-0.4, -0.2) is 51.8 Å². The van der Waals surface area contributed by atoms with Crippen molar-refractivity contribution in [1.29, 1.82) is 0 Å². The van der Waals surface area contributed by atoms with Crippen molar-refractivity contribution >= 4 is 6.03 Å². The van der Waals surface area contributed by atoms with Crippen LogP contribution in [0.1, 0.15) is 5.56 Å². The molecule has 19 heavy (non-hydrogen) atoms. The molecule has 0 radical (unpaired) electrons. The zero-order valence-corrected chi connectivity index (χ0v) is 11.9. The average molecular weight is 265 g/mol. The van der Waals surface area contributed by atoms with Crippen LogP contribution >= 0.6 is 0 Å². The average Bonchev–Trinajstić information content (AvgIpc) is 2.39. The molecule has 2 N–H and O–H groups in total. The molecule has 5 heteroatoms. The van der Waals surface area contributed by atoms with Crippen molar-refractivity contribution in [2.24, 2.45) is 0 Å². The van der Waals surface area contributed by atoms with Gasteiger partial charge in [-0.05, 0) is 32.1 Å². The number of benzene rings is 1. The van der Waals surface area contributed by atoms with Crippen LogP contribution in [-0.2, 0) is 6.42 Å². The molecule has 0 unspecified atom stereocenters. The maximum atomic E-state index is 11.5. The summed E-state index contributed by atoms with van der Waals surface area (Å²) in [6, 6.07) is 7.70. The van der Waals surface area contributed by atoms with Crippen LogP contribution in [0, 0.1) is 0 Å². The first kappa shape index (κ1) is 15.3. The second-order valence-corrected chi connectivity index (χ2v) is 4.55. The van der Waals surface area contributed by atoms with Gasteiger partial charge in [0.1, 0.15) is 5.75 Å². The molecule has 0 aliphatic carbocycles. The number of carbonyl (C=O) groups excluding carboxylic acids is 1. The lowest BCUT2D eigenvalue weighted by atomic mass is 10.1. The highest BCUT2D eigenvalue weighted by Gasteiger charge is 2.03. The number of likely N-dealkylation sites (N-methyl/N-ethyl adjacent to an activating group) is 1. The van der Waals surface area contributed by atoms with Crippen molar-refractivity contribution < 1.29 is 9.53 Å². The van der Waals surface area contributed by atoms with Gasteiger partial charge in [0.15, 0.2) is 0 Å². The van der Waals surface area contributed by atoms with E-state index in [1.165, 1.54) is 0 Å². The third-order valence-corrected chi connectivity index (χ3v) is 2.72. The summed E-state index contributed by atoms with van der Waals surface area (Å²) in [4.78, 5) is 13.5. The standard InChI is InChI=1S/C14H23N3O2/c1-17(2)11-10-16-14(18)15-9-8-12-6-4-5-7-13(12)19-3/h4-7H,8-11H2,1-3H3,(H2,15,16,18). The maximum Gasteiger partial charge on any atom is 0.314 e. The predicted molar refractivity (Wildman–Crippen MR) is 76.7 cm³/mol. The van der Waals surface area contributed by atoms with E-state index < -0.39 is 0 Å². The topological polar surface area (TPSA) is 53.6 Å². The second kappa shape index (κ2) is 8.37. The first-order chi connectivity index (χ1) is 9.13. The quantitative estimate of drug-likeness (QED) is 0.776. The van der Waals surface area contributed by atoms with E-state index in [2.05, 4.69) is 10.6 Å². The van der Waals surface area contributed by atoms with Crippen molar-refractivity contribution in [2.75, 3.05) is 40.8 Å². The van der Waals surface area contributed by atoms with Crippen molar-refractivity contribution in [3.63, 3.8) is 0 Å². The number of nitrogens with zero attached hydrogens (tertiary/aromatic N) is 1. The molecule has 0 heterocycles. The number of amides is 2. The van der Waals surface area contributed by atoms with Gasteiger partial charge < -0.3 is 20.3 Å². The number of hydrogen-bond acceptors (Lipinski definition) is 3. The molecule has 0 aliphatic rings. The largest absolute Gasteiger partial charge is 0.496 e. The Morgan fingerprint density at radius 3 is 2.58 bits per heavy atom. The fourth-order valence-corrected chi connectivity index (χ4v) is 1.68. The fraction of sp³-hybridized carbons (Fsp3) is 0.500. The van der Waals surface area contributed by atoms with Gasteiger partial charge >= 0.3 is 6.03 Å². The molecule has 1 aromatic carbocycles. The van der Waals surface area contributed by atoms with E-state index in [0.717, 1.165) is 24.3 Å². The molecule has 0 atom stereocenters.